The van der Waals surface area contributed by atoms with Crippen LogP contribution in [-0.2, 0) is 12.4 Å². The Balaban J connectivity index is 1.76. The summed E-state index contributed by atoms with van der Waals surface area (Å²) in [5.74, 6) is 2.07. The van der Waals surface area contributed by atoms with Crippen LogP contribution in [0.15, 0.2) is 12.3 Å². The summed E-state index contributed by atoms with van der Waals surface area (Å²) in [6.07, 6.45) is 5.39. The number of likely N-dealkylation sites (tertiary alicyclic amines) is 1. The van der Waals surface area contributed by atoms with Crippen molar-refractivity contribution in [1.29, 1.82) is 0 Å². The van der Waals surface area contributed by atoms with Crippen LogP contribution in [-0.4, -0.2) is 39.6 Å². The number of hydrogen-bond donors (Lipinski definition) is 0. The largest absolute Gasteiger partial charge is 0.312 e. The van der Waals surface area contributed by atoms with Gasteiger partial charge in [-0.05, 0) is 51.4 Å². The number of alkyl halides is 1. The number of rotatable bonds is 4. The zero-order chi connectivity index (χ0) is 14.8. The van der Waals surface area contributed by atoms with E-state index in [9.17, 15) is 0 Å². The molecule has 0 amide bonds. The number of aromatic nitrogens is 3. The summed E-state index contributed by atoms with van der Waals surface area (Å²) in [5, 5.41) is 0.614. The van der Waals surface area contributed by atoms with Gasteiger partial charge in [0.2, 0.25) is 0 Å². The van der Waals surface area contributed by atoms with Crippen LogP contribution in [0.3, 0.4) is 0 Å². The van der Waals surface area contributed by atoms with Gasteiger partial charge in [-0.1, -0.05) is 11.6 Å². The quantitative estimate of drug-likeness (QED) is 0.805. The first-order valence-electron chi connectivity index (χ1n) is 7.42. The fourth-order valence-electron chi connectivity index (χ4n) is 3.03. The van der Waals surface area contributed by atoms with E-state index >= 15 is 0 Å². The number of aryl methyl sites for hydroxylation is 1. The highest BCUT2D eigenvalue weighted by Crippen LogP contribution is 2.24. The van der Waals surface area contributed by atoms with E-state index in [0.29, 0.717) is 10.9 Å². The molecule has 0 aliphatic carbocycles. The fraction of sp³-hybridized carbons (Fsp3) is 0.600. The molecule has 2 aromatic rings. The van der Waals surface area contributed by atoms with E-state index in [-0.39, 0.29) is 0 Å². The number of piperidine rings is 1. The average Bonchev–Trinajstić information content (AvgIpc) is 2.83. The highest BCUT2D eigenvalue weighted by molar-refractivity contribution is 6.31. The van der Waals surface area contributed by atoms with Crippen molar-refractivity contribution in [3.63, 3.8) is 0 Å². The van der Waals surface area contributed by atoms with Crippen LogP contribution in [0.25, 0.3) is 11.2 Å². The summed E-state index contributed by atoms with van der Waals surface area (Å²) in [7, 11) is 2.19. The van der Waals surface area contributed by atoms with Crippen molar-refractivity contribution in [1.82, 2.24) is 19.4 Å². The third-order valence-electron chi connectivity index (χ3n) is 4.35. The van der Waals surface area contributed by atoms with Crippen molar-refractivity contribution in [2.24, 2.45) is 5.92 Å². The lowest BCUT2D eigenvalue weighted by atomic mass is 9.94. The molecule has 0 aromatic carbocycles. The first-order valence-corrected chi connectivity index (χ1v) is 8.34. The highest BCUT2D eigenvalue weighted by atomic mass is 35.5. The molecule has 1 aliphatic rings. The molecular formula is C15H20Cl2N4. The summed E-state index contributed by atoms with van der Waals surface area (Å²) < 4.78 is 2.15. The molecule has 0 bridgehead atoms. The van der Waals surface area contributed by atoms with Crippen LogP contribution < -0.4 is 0 Å². The van der Waals surface area contributed by atoms with Crippen molar-refractivity contribution in [3.8, 4) is 0 Å². The first-order chi connectivity index (χ1) is 10.2. The van der Waals surface area contributed by atoms with E-state index < -0.39 is 0 Å². The molecule has 4 nitrogen and oxygen atoms in total. The maximum atomic E-state index is 6.03. The second-order valence-electron chi connectivity index (χ2n) is 5.84. The minimum Gasteiger partial charge on any atom is -0.312 e. The second kappa shape index (κ2) is 6.51. The number of fused-ring (bicyclic) bond motifs is 1. The smallest absolute Gasteiger partial charge is 0.160 e. The lowest BCUT2D eigenvalue weighted by molar-refractivity contribution is 0.208. The predicted molar refractivity (Wildman–Crippen MR) is 86.9 cm³/mol. The normalized spacial score (nSPS) is 17.7. The third-order valence-corrected chi connectivity index (χ3v) is 4.79. The van der Waals surface area contributed by atoms with E-state index in [2.05, 4.69) is 26.5 Å². The van der Waals surface area contributed by atoms with E-state index in [0.717, 1.165) is 35.9 Å². The maximum Gasteiger partial charge on any atom is 0.160 e. The minimum absolute atomic E-state index is 0.404. The number of pyridine rings is 1. The van der Waals surface area contributed by atoms with Crippen molar-refractivity contribution < 1.29 is 0 Å². The van der Waals surface area contributed by atoms with E-state index in [1.807, 2.05) is 6.07 Å². The Morgan fingerprint density at radius 1 is 1.33 bits per heavy atom. The summed E-state index contributed by atoms with van der Waals surface area (Å²) >= 11 is 12.0. The van der Waals surface area contributed by atoms with Crippen LogP contribution >= 0.6 is 23.2 Å². The maximum absolute atomic E-state index is 6.03. The van der Waals surface area contributed by atoms with Crippen molar-refractivity contribution in [2.75, 3.05) is 20.1 Å². The van der Waals surface area contributed by atoms with Crippen molar-refractivity contribution in [3.05, 3.63) is 23.1 Å². The zero-order valence-corrected chi connectivity index (χ0v) is 13.7. The summed E-state index contributed by atoms with van der Waals surface area (Å²) in [6.45, 7) is 3.33. The van der Waals surface area contributed by atoms with Gasteiger partial charge in [-0.15, -0.1) is 11.6 Å². The zero-order valence-electron chi connectivity index (χ0n) is 12.2. The molecule has 0 saturated carbocycles. The van der Waals surface area contributed by atoms with Crippen LogP contribution in [0, 0.1) is 5.92 Å². The molecule has 0 unspecified atom stereocenters. The Hall–Kier alpha value is -0.840. The van der Waals surface area contributed by atoms with Gasteiger partial charge in [0.1, 0.15) is 11.3 Å². The molecule has 0 N–H and O–H groups in total. The van der Waals surface area contributed by atoms with Gasteiger partial charge in [0.05, 0.1) is 10.9 Å². The van der Waals surface area contributed by atoms with Gasteiger partial charge in [-0.25, -0.2) is 9.97 Å². The summed E-state index contributed by atoms with van der Waals surface area (Å²) in [5.41, 5.74) is 1.73. The molecule has 2 aromatic heterocycles. The molecule has 0 radical (unpaired) electrons. The van der Waals surface area contributed by atoms with Gasteiger partial charge >= 0.3 is 0 Å². The van der Waals surface area contributed by atoms with Gasteiger partial charge in [0, 0.05) is 12.7 Å². The van der Waals surface area contributed by atoms with Crippen LogP contribution in [0.5, 0.6) is 0 Å². The number of imidazole rings is 1. The van der Waals surface area contributed by atoms with Gasteiger partial charge in [-0.3, -0.25) is 0 Å². The van der Waals surface area contributed by atoms with Gasteiger partial charge in [0.15, 0.2) is 5.65 Å². The third kappa shape index (κ3) is 3.33. The van der Waals surface area contributed by atoms with Crippen LogP contribution in [0.1, 0.15) is 25.1 Å². The minimum atomic E-state index is 0.404. The van der Waals surface area contributed by atoms with Crippen molar-refractivity contribution in [2.45, 2.75) is 31.7 Å². The predicted octanol–water partition coefficient (Wildman–Crippen LogP) is 3.56. The summed E-state index contributed by atoms with van der Waals surface area (Å²) in [6, 6.07) is 1.85. The molecule has 0 spiro atoms. The molecule has 1 saturated heterocycles. The SMILES string of the molecule is CN1CCC(CCn2c(CCl)nc3cc(Cl)cnc32)CC1. The standard InChI is InChI=1S/C15H20Cl2N4/c1-20-5-2-11(3-6-20)4-7-21-14(9-16)19-13-8-12(17)10-18-15(13)21/h8,10-11H,2-7,9H2,1H3. The molecule has 114 valence electrons. The first kappa shape index (κ1) is 15.1. The van der Waals surface area contributed by atoms with E-state index in [1.54, 1.807) is 6.20 Å². The van der Waals surface area contributed by atoms with E-state index in [4.69, 9.17) is 23.2 Å². The Morgan fingerprint density at radius 2 is 2.10 bits per heavy atom. The fourth-order valence-corrected chi connectivity index (χ4v) is 3.39. The van der Waals surface area contributed by atoms with Crippen LogP contribution in [0.4, 0.5) is 0 Å². The van der Waals surface area contributed by atoms with Gasteiger partial charge < -0.3 is 9.47 Å². The average molecular weight is 327 g/mol. The Morgan fingerprint density at radius 3 is 2.81 bits per heavy atom. The highest BCUT2D eigenvalue weighted by Gasteiger charge is 2.18. The number of halogens is 2. The molecular weight excluding hydrogens is 307 g/mol. The Bertz CT molecular complexity index is 617. The van der Waals surface area contributed by atoms with Crippen LogP contribution in [0.2, 0.25) is 5.02 Å². The molecule has 1 aliphatic heterocycles. The Labute approximate surface area is 135 Å². The topological polar surface area (TPSA) is 34.0 Å². The molecule has 21 heavy (non-hydrogen) atoms. The number of nitrogens with zero attached hydrogens (tertiary/aromatic N) is 4. The molecule has 6 heteroatoms. The van der Waals surface area contributed by atoms with E-state index in [1.165, 1.54) is 25.9 Å². The van der Waals surface area contributed by atoms with Gasteiger partial charge in [-0.2, -0.15) is 0 Å². The summed E-state index contributed by atoms with van der Waals surface area (Å²) in [4.78, 5) is 11.4. The second-order valence-corrected chi connectivity index (χ2v) is 6.55. The monoisotopic (exact) mass is 326 g/mol. The van der Waals surface area contributed by atoms with Gasteiger partial charge in [0.25, 0.3) is 0 Å². The molecule has 1 fully saturated rings. The Kier molecular flexibility index (Phi) is 4.67. The lowest BCUT2D eigenvalue weighted by Gasteiger charge is -2.29. The number of hydrogen-bond acceptors (Lipinski definition) is 3. The van der Waals surface area contributed by atoms with Crippen molar-refractivity contribution >= 4 is 34.4 Å². The molecule has 3 heterocycles. The lowest BCUT2D eigenvalue weighted by Crippen LogP contribution is -2.30. The molecule has 0 atom stereocenters. The molecule has 3 rings (SSSR count).